The van der Waals surface area contributed by atoms with Crippen molar-refractivity contribution in [1.82, 2.24) is 14.5 Å². The van der Waals surface area contributed by atoms with E-state index in [-0.39, 0.29) is 0 Å². The van der Waals surface area contributed by atoms with Crippen molar-refractivity contribution < 1.29 is 0 Å². The van der Waals surface area contributed by atoms with Crippen molar-refractivity contribution >= 4 is 28.3 Å². The third kappa shape index (κ3) is 2.85. The van der Waals surface area contributed by atoms with Gasteiger partial charge in [-0.1, -0.05) is 29.8 Å². The fourth-order valence-corrected chi connectivity index (χ4v) is 2.74. The van der Waals surface area contributed by atoms with Crippen molar-refractivity contribution in [1.29, 1.82) is 0 Å². The molecule has 0 fully saturated rings. The molecule has 0 saturated heterocycles. The number of anilines is 1. The lowest BCUT2D eigenvalue weighted by Crippen LogP contribution is -2.07. The molecule has 0 aliphatic carbocycles. The smallest absolute Gasteiger partial charge is 0.134 e. The standard InChI is InChI=1S/C16H17ClN4/c1-11-8-13-5-3-4-12(16(13)21(11)2)6-7-18-15-9-14(17)19-10-20-15/h3-5,8-10H,6-7H2,1-2H3,(H,18,19,20). The molecule has 4 nitrogen and oxygen atoms in total. The van der Waals surface area contributed by atoms with Crippen LogP contribution in [0.1, 0.15) is 11.3 Å². The fraction of sp³-hybridized carbons (Fsp3) is 0.250. The van der Waals surface area contributed by atoms with Gasteiger partial charge in [-0.2, -0.15) is 0 Å². The number of aromatic nitrogens is 3. The summed E-state index contributed by atoms with van der Waals surface area (Å²) in [5.74, 6) is 0.755. The minimum Gasteiger partial charge on any atom is -0.370 e. The molecule has 21 heavy (non-hydrogen) atoms. The monoisotopic (exact) mass is 300 g/mol. The summed E-state index contributed by atoms with van der Waals surface area (Å²) in [5, 5.41) is 5.02. The van der Waals surface area contributed by atoms with E-state index in [1.54, 1.807) is 6.07 Å². The van der Waals surface area contributed by atoms with Crippen LogP contribution in [-0.2, 0) is 13.5 Å². The Balaban J connectivity index is 1.76. The summed E-state index contributed by atoms with van der Waals surface area (Å²) in [6.45, 7) is 2.93. The largest absolute Gasteiger partial charge is 0.370 e. The molecule has 0 aliphatic heterocycles. The van der Waals surface area contributed by atoms with Gasteiger partial charge < -0.3 is 9.88 Å². The van der Waals surface area contributed by atoms with Crippen molar-refractivity contribution in [3.8, 4) is 0 Å². The van der Waals surface area contributed by atoms with Gasteiger partial charge in [0.1, 0.15) is 17.3 Å². The number of benzene rings is 1. The Labute approximate surface area is 128 Å². The van der Waals surface area contributed by atoms with Gasteiger partial charge in [0.25, 0.3) is 0 Å². The molecule has 0 spiro atoms. The van der Waals surface area contributed by atoms with E-state index in [1.807, 2.05) is 0 Å². The van der Waals surface area contributed by atoms with Crippen LogP contribution in [0.3, 0.4) is 0 Å². The maximum absolute atomic E-state index is 5.85. The molecule has 0 bridgehead atoms. The molecule has 108 valence electrons. The van der Waals surface area contributed by atoms with Crippen molar-refractivity contribution in [3.05, 3.63) is 53.1 Å². The average Bonchev–Trinajstić information content (AvgIpc) is 2.75. The van der Waals surface area contributed by atoms with Gasteiger partial charge in [0.2, 0.25) is 0 Å². The van der Waals surface area contributed by atoms with Gasteiger partial charge in [-0.05, 0) is 25.0 Å². The zero-order valence-electron chi connectivity index (χ0n) is 12.1. The summed E-state index contributed by atoms with van der Waals surface area (Å²) in [6, 6.07) is 10.4. The van der Waals surface area contributed by atoms with E-state index in [2.05, 4.69) is 58.1 Å². The topological polar surface area (TPSA) is 42.7 Å². The van der Waals surface area contributed by atoms with Crippen molar-refractivity contribution in [2.24, 2.45) is 7.05 Å². The number of rotatable bonds is 4. The lowest BCUT2D eigenvalue weighted by molar-refractivity contribution is 0.902. The number of para-hydroxylation sites is 1. The highest BCUT2D eigenvalue weighted by Crippen LogP contribution is 2.22. The van der Waals surface area contributed by atoms with E-state index in [9.17, 15) is 0 Å². The van der Waals surface area contributed by atoms with E-state index in [1.165, 1.54) is 28.5 Å². The SMILES string of the molecule is Cc1cc2cccc(CCNc3cc(Cl)ncn3)c2n1C. The Kier molecular flexibility index (Phi) is 3.80. The summed E-state index contributed by atoms with van der Waals surface area (Å²) in [4.78, 5) is 8.02. The first kappa shape index (κ1) is 13.9. The van der Waals surface area contributed by atoms with Gasteiger partial charge in [0, 0.05) is 30.7 Å². The molecule has 0 unspecified atom stereocenters. The van der Waals surface area contributed by atoms with Gasteiger partial charge in [0.15, 0.2) is 0 Å². The second-order valence-electron chi connectivity index (χ2n) is 5.10. The van der Waals surface area contributed by atoms with E-state index < -0.39 is 0 Å². The first-order chi connectivity index (χ1) is 10.1. The van der Waals surface area contributed by atoms with Crippen LogP contribution in [0.15, 0.2) is 36.7 Å². The first-order valence-corrected chi connectivity index (χ1v) is 7.28. The summed E-state index contributed by atoms with van der Waals surface area (Å²) in [6.07, 6.45) is 2.39. The molecule has 1 aromatic carbocycles. The number of hydrogen-bond donors (Lipinski definition) is 1. The normalized spacial score (nSPS) is 11.0. The third-order valence-electron chi connectivity index (χ3n) is 3.71. The van der Waals surface area contributed by atoms with Crippen LogP contribution in [0.5, 0.6) is 0 Å². The van der Waals surface area contributed by atoms with E-state index >= 15 is 0 Å². The summed E-state index contributed by atoms with van der Waals surface area (Å²) in [5.41, 5.74) is 3.90. The number of fused-ring (bicyclic) bond motifs is 1. The van der Waals surface area contributed by atoms with E-state index in [0.29, 0.717) is 5.15 Å². The van der Waals surface area contributed by atoms with Crippen molar-refractivity contribution in [3.63, 3.8) is 0 Å². The number of halogens is 1. The predicted molar refractivity (Wildman–Crippen MR) is 86.9 cm³/mol. The Hall–Kier alpha value is -2.07. The summed E-state index contributed by atoms with van der Waals surface area (Å²) >= 11 is 5.85. The Morgan fingerprint density at radius 2 is 2.10 bits per heavy atom. The van der Waals surface area contributed by atoms with Gasteiger partial charge in [-0.25, -0.2) is 9.97 Å². The Bertz CT molecular complexity index is 779. The summed E-state index contributed by atoms with van der Waals surface area (Å²) in [7, 11) is 2.11. The number of nitrogens with zero attached hydrogens (tertiary/aromatic N) is 3. The highest BCUT2D eigenvalue weighted by atomic mass is 35.5. The van der Waals surface area contributed by atoms with Crippen LogP contribution in [-0.4, -0.2) is 21.1 Å². The highest BCUT2D eigenvalue weighted by Gasteiger charge is 2.07. The van der Waals surface area contributed by atoms with Crippen LogP contribution in [0.25, 0.3) is 10.9 Å². The minimum absolute atomic E-state index is 0.452. The second kappa shape index (κ2) is 5.74. The van der Waals surface area contributed by atoms with Crippen LogP contribution < -0.4 is 5.32 Å². The van der Waals surface area contributed by atoms with Crippen molar-refractivity contribution in [2.75, 3.05) is 11.9 Å². The Morgan fingerprint density at radius 1 is 1.24 bits per heavy atom. The van der Waals surface area contributed by atoms with Gasteiger partial charge in [-0.3, -0.25) is 0 Å². The van der Waals surface area contributed by atoms with E-state index in [0.717, 1.165) is 18.8 Å². The van der Waals surface area contributed by atoms with Crippen LogP contribution >= 0.6 is 11.6 Å². The molecule has 1 N–H and O–H groups in total. The zero-order chi connectivity index (χ0) is 14.8. The average molecular weight is 301 g/mol. The van der Waals surface area contributed by atoms with Crippen LogP contribution in [0.2, 0.25) is 5.15 Å². The number of aryl methyl sites for hydroxylation is 2. The molecule has 0 atom stereocenters. The number of nitrogens with one attached hydrogen (secondary N) is 1. The quantitative estimate of drug-likeness (QED) is 0.749. The van der Waals surface area contributed by atoms with Crippen LogP contribution in [0, 0.1) is 6.92 Å². The van der Waals surface area contributed by atoms with Crippen molar-refractivity contribution in [2.45, 2.75) is 13.3 Å². The van der Waals surface area contributed by atoms with Crippen LogP contribution in [0.4, 0.5) is 5.82 Å². The molecule has 3 rings (SSSR count). The lowest BCUT2D eigenvalue weighted by atomic mass is 10.1. The third-order valence-corrected chi connectivity index (χ3v) is 3.92. The van der Waals surface area contributed by atoms with E-state index in [4.69, 9.17) is 11.6 Å². The maximum Gasteiger partial charge on any atom is 0.134 e. The maximum atomic E-state index is 5.85. The molecule has 0 aliphatic rings. The Morgan fingerprint density at radius 3 is 2.90 bits per heavy atom. The molecule has 0 saturated carbocycles. The van der Waals surface area contributed by atoms with Gasteiger partial charge >= 0.3 is 0 Å². The second-order valence-corrected chi connectivity index (χ2v) is 5.49. The zero-order valence-corrected chi connectivity index (χ0v) is 12.9. The molecule has 3 aromatic rings. The molecular weight excluding hydrogens is 284 g/mol. The van der Waals surface area contributed by atoms with Gasteiger partial charge in [-0.15, -0.1) is 0 Å². The summed E-state index contributed by atoms with van der Waals surface area (Å²) < 4.78 is 2.24. The minimum atomic E-state index is 0.452. The van der Waals surface area contributed by atoms with Gasteiger partial charge in [0.05, 0.1) is 5.52 Å². The molecule has 2 heterocycles. The molecular formula is C16H17ClN4. The molecule has 2 aromatic heterocycles. The molecule has 0 amide bonds. The number of hydrogen-bond acceptors (Lipinski definition) is 3. The lowest BCUT2D eigenvalue weighted by Gasteiger charge is -2.09. The predicted octanol–water partition coefficient (Wildman–Crippen LogP) is 3.58. The molecule has 5 heteroatoms. The first-order valence-electron chi connectivity index (χ1n) is 6.90. The molecule has 0 radical (unpaired) electrons. The fourth-order valence-electron chi connectivity index (χ4n) is 2.59. The highest BCUT2D eigenvalue weighted by molar-refractivity contribution is 6.29.